The predicted molar refractivity (Wildman–Crippen MR) is 72.2 cm³/mol. The number of pyridine rings is 1. The van der Waals surface area contributed by atoms with Crippen molar-refractivity contribution in [3.63, 3.8) is 0 Å². The van der Waals surface area contributed by atoms with Crippen molar-refractivity contribution >= 4 is 5.69 Å². The van der Waals surface area contributed by atoms with Crippen molar-refractivity contribution in [1.82, 2.24) is 0 Å². The fourth-order valence-electron chi connectivity index (χ4n) is 2.84. The minimum atomic E-state index is 1.21. The van der Waals surface area contributed by atoms with Crippen molar-refractivity contribution in [2.24, 2.45) is 0 Å². The van der Waals surface area contributed by atoms with Crippen molar-refractivity contribution < 1.29 is 4.68 Å². The molecule has 1 aliphatic rings. The first kappa shape index (κ1) is 12.2. The molecule has 0 radical (unpaired) electrons. The zero-order valence-electron chi connectivity index (χ0n) is 11.5. The van der Waals surface area contributed by atoms with E-state index in [4.69, 9.17) is 0 Å². The van der Waals surface area contributed by atoms with Crippen LogP contribution >= 0.6 is 0 Å². The standard InChI is InChI=1S/C14H24N3/c1-12-10-14(16-8-6-5-7-9-16)11-13(2)17(12)15(3)4/h10-11H,5-9H2,1-4H3/q+1. The molecule has 17 heavy (non-hydrogen) atoms. The maximum absolute atomic E-state index is 2.52. The molecule has 1 saturated heterocycles. The summed E-state index contributed by atoms with van der Waals surface area (Å²) in [4.78, 5) is 2.52. The van der Waals surface area contributed by atoms with Crippen molar-refractivity contribution in [3.8, 4) is 0 Å². The molecular formula is C14H24N3+. The quantitative estimate of drug-likeness (QED) is 0.722. The van der Waals surface area contributed by atoms with Crippen molar-refractivity contribution in [2.45, 2.75) is 33.1 Å². The number of rotatable bonds is 2. The Kier molecular flexibility index (Phi) is 3.55. The van der Waals surface area contributed by atoms with Gasteiger partial charge in [0.25, 0.3) is 0 Å². The molecule has 0 bridgehead atoms. The summed E-state index contributed by atoms with van der Waals surface area (Å²) in [5.41, 5.74) is 3.99. The first-order valence-corrected chi connectivity index (χ1v) is 6.55. The van der Waals surface area contributed by atoms with Crippen LogP contribution in [-0.4, -0.2) is 27.2 Å². The minimum absolute atomic E-state index is 1.21. The Labute approximate surface area is 105 Å². The lowest BCUT2D eigenvalue weighted by atomic mass is 10.1. The number of aryl methyl sites for hydroxylation is 2. The lowest BCUT2D eigenvalue weighted by molar-refractivity contribution is -0.698. The van der Waals surface area contributed by atoms with Gasteiger partial charge in [-0.15, -0.1) is 0 Å². The van der Waals surface area contributed by atoms with Crippen molar-refractivity contribution in [1.29, 1.82) is 0 Å². The fourth-order valence-corrected chi connectivity index (χ4v) is 2.84. The van der Waals surface area contributed by atoms with Gasteiger partial charge in [-0.3, -0.25) is 0 Å². The highest BCUT2D eigenvalue weighted by Gasteiger charge is 2.18. The first-order chi connectivity index (χ1) is 8.09. The number of hydrogen-bond donors (Lipinski definition) is 0. The average Bonchev–Trinajstić information content (AvgIpc) is 2.28. The Morgan fingerprint density at radius 2 is 1.53 bits per heavy atom. The van der Waals surface area contributed by atoms with Crippen LogP contribution in [0.1, 0.15) is 30.7 Å². The molecule has 3 heteroatoms. The molecule has 0 N–H and O–H groups in total. The van der Waals surface area contributed by atoms with Gasteiger partial charge < -0.3 is 4.90 Å². The molecule has 0 unspecified atom stereocenters. The summed E-state index contributed by atoms with van der Waals surface area (Å²) >= 11 is 0. The molecule has 1 aromatic heterocycles. The Morgan fingerprint density at radius 1 is 1.00 bits per heavy atom. The average molecular weight is 234 g/mol. The van der Waals surface area contributed by atoms with E-state index in [2.05, 4.69) is 54.7 Å². The second-order valence-electron chi connectivity index (χ2n) is 5.20. The van der Waals surface area contributed by atoms with E-state index in [9.17, 15) is 0 Å². The number of nitrogens with zero attached hydrogens (tertiary/aromatic N) is 3. The van der Waals surface area contributed by atoms with Gasteiger partial charge in [0, 0.05) is 44.8 Å². The van der Waals surface area contributed by atoms with Gasteiger partial charge in [-0.25, -0.2) is 0 Å². The Bertz CT molecular complexity index is 369. The van der Waals surface area contributed by atoms with Crippen LogP contribution in [-0.2, 0) is 0 Å². The molecule has 94 valence electrons. The zero-order chi connectivity index (χ0) is 12.4. The number of anilines is 1. The van der Waals surface area contributed by atoms with Gasteiger partial charge in [0.1, 0.15) is 0 Å². The monoisotopic (exact) mass is 234 g/mol. The molecule has 0 spiro atoms. The highest BCUT2D eigenvalue weighted by atomic mass is 15.5. The summed E-state index contributed by atoms with van der Waals surface area (Å²) in [7, 11) is 4.17. The highest BCUT2D eigenvalue weighted by molar-refractivity contribution is 5.47. The molecule has 0 saturated carbocycles. The van der Waals surface area contributed by atoms with Gasteiger partial charge in [-0.1, -0.05) is 4.68 Å². The lowest BCUT2D eigenvalue weighted by Gasteiger charge is -2.29. The SMILES string of the molecule is Cc1cc(N2CCCCC2)cc(C)[n+]1N(C)C. The van der Waals surface area contributed by atoms with Gasteiger partial charge in [-0.05, 0) is 19.3 Å². The maximum Gasteiger partial charge on any atom is 0.211 e. The van der Waals surface area contributed by atoms with Crippen LogP contribution in [0.3, 0.4) is 0 Å². The topological polar surface area (TPSA) is 10.4 Å². The molecule has 3 nitrogen and oxygen atoms in total. The van der Waals surface area contributed by atoms with E-state index in [1.165, 1.54) is 49.4 Å². The Morgan fingerprint density at radius 3 is 2.00 bits per heavy atom. The Hall–Kier alpha value is -1.25. The van der Waals surface area contributed by atoms with Crippen LogP contribution in [0.25, 0.3) is 0 Å². The van der Waals surface area contributed by atoms with E-state index < -0.39 is 0 Å². The summed E-state index contributed by atoms with van der Waals surface area (Å²) in [6.45, 7) is 6.79. The number of piperidine rings is 1. The van der Waals surface area contributed by atoms with Gasteiger partial charge in [0.2, 0.25) is 11.4 Å². The maximum atomic E-state index is 2.52. The van der Waals surface area contributed by atoms with E-state index in [1.54, 1.807) is 0 Å². The minimum Gasteiger partial charge on any atom is -0.371 e. The lowest BCUT2D eigenvalue weighted by Crippen LogP contribution is -2.57. The second-order valence-corrected chi connectivity index (χ2v) is 5.20. The van der Waals surface area contributed by atoms with Crippen LogP contribution in [0.2, 0.25) is 0 Å². The van der Waals surface area contributed by atoms with E-state index >= 15 is 0 Å². The number of aromatic nitrogens is 1. The summed E-state index contributed by atoms with van der Waals surface area (Å²) in [6, 6.07) is 4.61. The van der Waals surface area contributed by atoms with Crippen LogP contribution in [0.15, 0.2) is 12.1 Å². The molecule has 0 amide bonds. The van der Waals surface area contributed by atoms with Gasteiger partial charge in [0.15, 0.2) is 0 Å². The molecule has 1 aliphatic heterocycles. The third kappa shape index (κ3) is 2.54. The first-order valence-electron chi connectivity index (χ1n) is 6.55. The molecular weight excluding hydrogens is 210 g/mol. The molecule has 2 heterocycles. The van der Waals surface area contributed by atoms with Gasteiger partial charge in [0.05, 0.1) is 14.1 Å². The largest absolute Gasteiger partial charge is 0.371 e. The summed E-state index contributed by atoms with van der Waals surface area (Å²) < 4.78 is 2.24. The van der Waals surface area contributed by atoms with Gasteiger partial charge >= 0.3 is 0 Å². The third-order valence-electron chi connectivity index (χ3n) is 3.50. The molecule has 0 aliphatic carbocycles. The summed E-state index contributed by atoms with van der Waals surface area (Å²) in [5.74, 6) is 0. The molecule has 1 aromatic rings. The summed E-state index contributed by atoms with van der Waals surface area (Å²) in [6.07, 6.45) is 4.06. The van der Waals surface area contributed by atoms with Crippen LogP contribution < -0.4 is 14.6 Å². The highest BCUT2D eigenvalue weighted by Crippen LogP contribution is 2.20. The normalized spacial score (nSPS) is 16.1. The second kappa shape index (κ2) is 4.94. The van der Waals surface area contributed by atoms with Crippen molar-refractivity contribution in [3.05, 3.63) is 23.5 Å². The van der Waals surface area contributed by atoms with E-state index in [1.807, 2.05) is 0 Å². The fraction of sp³-hybridized carbons (Fsp3) is 0.643. The Balaban J connectivity index is 2.31. The van der Waals surface area contributed by atoms with Crippen molar-refractivity contribution in [2.75, 3.05) is 37.1 Å². The molecule has 0 atom stereocenters. The van der Waals surface area contributed by atoms with E-state index in [0.717, 1.165) is 0 Å². The smallest absolute Gasteiger partial charge is 0.211 e. The molecule has 0 aromatic carbocycles. The molecule has 1 fully saturated rings. The predicted octanol–water partition coefficient (Wildman–Crippen LogP) is 1.78. The molecule has 2 rings (SSSR count). The van der Waals surface area contributed by atoms with E-state index in [0.29, 0.717) is 0 Å². The van der Waals surface area contributed by atoms with Gasteiger partial charge in [-0.2, -0.15) is 5.01 Å². The van der Waals surface area contributed by atoms with Crippen LogP contribution in [0.5, 0.6) is 0 Å². The van der Waals surface area contributed by atoms with Crippen LogP contribution in [0.4, 0.5) is 5.69 Å². The summed E-state index contributed by atoms with van der Waals surface area (Å²) in [5, 5.41) is 2.13. The van der Waals surface area contributed by atoms with Crippen LogP contribution in [0, 0.1) is 13.8 Å². The van der Waals surface area contributed by atoms with E-state index in [-0.39, 0.29) is 0 Å². The zero-order valence-corrected chi connectivity index (χ0v) is 11.5. The number of hydrogen-bond acceptors (Lipinski definition) is 2. The third-order valence-corrected chi connectivity index (χ3v) is 3.50.